The summed E-state index contributed by atoms with van der Waals surface area (Å²) in [5.41, 5.74) is 1.46. The highest BCUT2D eigenvalue weighted by molar-refractivity contribution is 7.99. The molecule has 0 bridgehead atoms. The molecule has 0 radical (unpaired) electrons. The van der Waals surface area contributed by atoms with Gasteiger partial charge in [-0.25, -0.2) is 0 Å². The van der Waals surface area contributed by atoms with Crippen LogP contribution in [0.15, 0.2) is 36.4 Å². The Morgan fingerprint density at radius 1 is 1.07 bits per heavy atom. The van der Waals surface area contributed by atoms with Gasteiger partial charge < -0.3 is 19.3 Å². The van der Waals surface area contributed by atoms with Crippen LogP contribution in [-0.2, 0) is 0 Å². The molecule has 27 heavy (non-hydrogen) atoms. The molecular weight excluding hydrogens is 388 g/mol. The fourth-order valence-electron chi connectivity index (χ4n) is 2.68. The van der Waals surface area contributed by atoms with Crippen molar-refractivity contribution in [1.29, 1.82) is 0 Å². The first-order chi connectivity index (χ1) is 13.0. The molecule has 5 nitrogen and oxygen atoms in total. The number of rotatable bonds is 10. The van der Waals surface area contributed by atoms with E-state index in [1.807, 2.05) is 12.1 Å². The van der Waals surface area contributed by atoms with Gasteiger partial charge in [-0.1, -0.05) is 11.6 Å². The Labute approximate surface area is 168 Å². The maximum absolute atomic E-state index is 12.7. The molecule has 0 amide bonds. The summed E-state index contributed by atoms with van der Waals surface area (Å²) in [4.78, 5) is 12.7. The zero-order valence-corrected chi connectivity index (χ0v) is 17.1. The average Bonchev–Trinajstić information content (AvgIpc) is 2.70. The number of Topliss-reactive ketones (excluding diaryl/α,β-unsaturated/α-hetero) is 1. The van der Waals surface area contributed by atoms with E-state index in [-0.39, 0.29) is 24.1 Å². The largest absolute Gasteiger partial charge is 0.493 e. The average molecular weight is 411 g/mol. The molecule has 0 aliphatic rings. The molecule has 0 saturated heterocycles. The van der Waals surface area contributed by atoms with E-state index in [2.05, 4.69) is 0 Å². The van der Waals surface area contributed by atoms with Crippen LogP contribution in [0.3, 0.4) is 0 Å². The number of ether oxygens (including phenoxy) is 3. The zero-order valence-electron chi connectivity index (χ0n) is 15.5. The minimum Gasteiger partial charge on any atom is -0.493 e. The number of hydrogen-bond acceptors (Lipinski definition) is 6. The number of aliphatic hydroxyl groups excluding tert-OH is 1. The molecule has 0 heterocycles. The van der Waals surface area contributed by atoms with Gasteiger partial charge in [-0.15, -0.1) is 0 Å². The lowest BCUT2D eigenvalue weighted by Crippen LogP contribution is -2.08. The molecule has 146 valence electrons. The van der Waals surface area contributed by atoms with Gasteiger partial charge in [-0.3, -0.25) is 4.79 Å². The third kappa shape index (κ3) is 5.54. The Hall–Kier alpha value is -1.89. The van der Waals surface area contributed by atoms with E-state index >= 15 is 0 Å². The Morgan fingerprint density at radius 3 is 2.15 bits per heavy atom. The van der Waals surface area contributed by atoms with Crippen molar-refractivity contribution in [3.05, 3.63) is 52.5 Å². The summed E-state index contributed by atoms with van der Waals surface area (Å²) >= 11 is 7.40. The van der Waals surface area contributed by atoms with Crippen LogP contribution in [-0.4, -0.2) is 44.6 Å². The predicted octanol–water partition coefficient (Wildman–Crippen LogP) is 4.41. The van der Waals surface area contributed by atoms with Crippen LogP contribution in [0, 0.1) is 0 Å². The highest BCUT2D eigenvalue weighted by Gasteiger charge is 2.22. The molecule has 0 saturated carbocycles. The van der Waals surface area contributed by atoms with Crippen LogP contribution in [0.25, 0.3) is 0 Å². The monoisotopic (exact) mass is 410 g/mol. The van der Waals surface area contributed by atoms with Crippen LogP contribution in [0.5, 0.6) is 17.2 Å². The molecule has 0 aromatic heterocycles. The van der Waals surface area contributed by atoms with Crippen LogP contribution < -0.4 is 14.2 Å². The number of benzene rings is 2. The fourth-order valence-corrected chi connectivity index (χ4v) is 3.79. The van der Waals surface area contributed by atoms with Gasteiger partial charge in [0.25, 0.3) is 0 Å². The van der Waals surface area contributed by atoms with Gasteiger partial charge in [0.05, 0.1) is 27.9 Å². The molecule has 7 heteroatoms. The van der Waals surface area contributed by atoms with E-state index in [4.69, 9.17) is 25.8 Å². The third-order valence-electron chi connectivity index (χ3n) is 4.01. The molecule has 1 unspecified atom stereocenters. The van der Waals surface area contributed by atoms with Crippen molar-refractivity contribution in [1.82, 2.24) is 0 Å². The normalized spacial score (nSPS) is 11.7. The van der Waals surface area contributed by atoms with Crippen molar-refractivity contribution < 1.29 is 24.1 Å². The molecule has 0 aliphatic heterocycles. The summed E-state index contributed by atoms with van der Waals surface area (Å²) in [6.07, 6.45) is 0.269. The summed E-state index contributed by atoms with van der Waals surface area (Å²) in [5.74, 6) is 2.06. The molecule has 1 atom stereocenters. The van der Waals surface area contributed by atoms with Gasteiger partial charge in [0.2, 0.25) is 5.75 Å². The Morgan fingerprint density at radius 2 is 1.67 bits per heavy atom. The van der Waals surface area contributed by atoms with Crippen molar-refractivity contribution in [3.8, 4) is 17.2 Å². The van der Waals surface area contributed by atoms with Gasteiger partial charge in [0.15, 0.2) is 17.3 Å². The van der Waals surface area contributed by atoms with E-state index in [9.17, 15) is 9.90 Å². The topological polar surface area (TPSA) is 65.0 Å². The van der Waals surface area contributed by atoms with Gasteiger partial charge in [0.1, 0.15) is 0 Å². The first kappa shape index (κ1) is 21.4. The Bertz CT molecular complexity index is 738. The molecule has 2 rings (SSSR count). The van der Waals surface area contributed by atoms with Crippen molar-refractivity contribution in [3.63, 3.8) is 0 Å². The molecule has 0 aliphatic carbocycles. The summed E-state index contributed by atoms with van der Waals surface area (Å²) in [7, 11) is 4.65. The second-order valence-electron chi connectivity index (χ2n) is 5.68. The number of ketones is 1. The van der Waals surface area contributed by atoms with Gasteiger partial charge >= 0.3 is 0 Å². The smallest absolute Gasteiger partial charge is 0.203 e. The second-order valence-corrected chi connectivity index (χ2v) is 7.42. The number of carbonyl (C=O) groups is 1. The van der Waals surface area contributed by atoms with Gasteiger partial charge in [-0.05, 0) is 42.0 Å². The molecular formula is C20H23ClO5S. The van der Waals surface area contributed by atoms with Gasteiger partial charge in [0, 0.05) is 28.0 Å². The first-order valence-corrected chi connectivity index (χ1v) is 9.77. The molecule has 1 N–H and O–H groups in total. The third-order valence-corrected chi connectivity index (χ3v) is 5.52. The number of thioether (sulfide) groups is 1. The fraction of sp³-hybridized carbons (Fsp3) is 0.350. The minimum atomic E-state index is -0.172. The summed E-state index contributed by atoms with van der Waals surface area (Å²) < 4.78 is 16.2. The minimum absolute atomic E-state index is 0.00384. The van der Waals surface area contributed by atoms with E-state index < -0.39 is 0 Å². The number of methoxy groups -OCH3 is 3. The quantitative estimate of drug-likeness (QED) is 0.585. The first-order valence-electron chi connectivity index (χ1n) is 8.35. The van der Waals surface area contributed by atoms with E-state index in [1.165, 1.54) is 11.8 Å². The van der Waals surface area contributed by atoms with Crippen molar-refractivity contribution in [2.24, 2.45) is 0 Å². The molecule has 2 aromatic carbocycles. The lowest BCUT2D eigenvalue weighted by molar-refractivity contribution is 0.0982. The van der Waals surface area contributed by atoms with Gasteiger partial charge in [-0.2, -0.15) is 11.8 Å². The maximum atomic E-state index is 12.7. The van der Waals surface area contributed by atoms with E-state index in [0.717, 1.165) is 5.56 Å². The Balaban J connectivity index is 2.35. The van der Waals surface area contributed by atoms with Crippen molar-refractivity contribution in [2.75, 3.05) is 33.7 Å². The zero-order chi connectivity index (χ0) is 19.8. The van der Waals surface area contributed by atoms with Crippen LogP contribution in [0.1, 0.15) is 27.6 Å². The lowest BCUT2D eigenvalue weighted by Gasteiger charge is -2.20. The highest BCUT2D eigenvalue weighted by Crippen LogP contribution is 2.43. The van der Waals surface area contributed by atoms with Crippen molar-refractivity contribution >= 4 is 29.1 Å². The molecule has 0 spiro atoms. The summed E-state index contributed by atoms with van der Waals surface area (Å²) in [6, 6.07) is 10.5. The highest BCUT2D eigenvalue weighted by atomic mass is 35.5. The number of aliphatic hydroxyl groups is 1. The second kappa shape index (κ2) is 10.4. The van der Waals surface area contributed by atoms with E-state index in [0.29, 0.717) is 33.6 Å². The van der Waals surface area contributed by atoms with Crippen LogP contribution in [0.2, 0.25) is 5.02 Å². The summed E-state index contributed by atoms with van der Waals surface area (Å²) in [6.45, 7) is 0.0285. The van der Waals surface area contributed by atoms with Crippen LogP contribution in [0.4, 0.5) is 0 Å². The standard InChI is InChI=1S/C20H23ClO5S/c1-24-17-10-14(11-18(25-2)20(17)26-3)19(27-9-8-22)12-16(23)13-4-6-15(21)7-5-13/h4-7,10-11,19,22H,8-9,12H2,1-3H3. The maximum Gasteiger partial charge on any atom is 0.203 e. The van der Waals surface area contributed by atoms with Crippen molar-refractivity contribution in [2.45, 2.75) is 11.7 Å². The SMILES string of the molecule is COc1cc(C(CC(=O)c2ccc(Cl)cc2)SCCO)cc(OC)c1OC. The summed E-state index contributed by atoms with van der Waals surface area (Å²) in [5, 5.41) is 9.65. The molecule has 0 fully saturated rings. The van der Waals surface area contributed by atoms with E-state index in [1.54, 1.807) is 45.6 Å². The number of carbonyl (C=O) groups excluding carboxylic acids is 1. The predicted molar refractivity (Wildman–Crippen MR) is 109 cm³/mol. The Kier molecular flexibility index (Phi) is 8.28. The van der Waals surface area contributed by atoms with Crippen LogP contribution >= 0.6 is 23.4 Å². The molecule has 2 aromatic rings. The number of hydrogen-bond donors (Lipinski definition) is 1. The number of halogens is 1. The lowest BCUT2D eigenvalue weighted by atomic mass is 10.0.